The standard InChI is InChI=1S/C19H16N4O3S/c1-12-6-8-13(9-7-12)24-11-17-22-23-18(20-21-19(23)27-17)16-10-25-14-4-2-3-5-15(14)26-16/h2-9,16H,10-11H2,1H3. The van der Waals surface area contributed by atoms with Crippen LogP contribution < -0.4 is 14.2 Å². The zero-order valence-corrected chi connectivity index (χ0v) is 15.3. The quantitative estimate of drug-likeness (QED) is 0.539. The van der Waals surface area contributed by atoms with Crippen LogP contribution >= 0.6 is 11.3 Å². The van der Waals surface area contributed by atoms with Crippen molar-refractivity contribution < 1.29 is 14.2 Å². The van der Waals surface area contributed by atoms with Crippen molar-refractivity contribution in [2.24, 2.45) is 0 Å². The molecule has 0 bridgehead atoms. The number of rotatable bonds is 4. The van der Waals surface area contributed by atoms with Gasteiger partial charge in [-0.25, -0.2) is 0 Å². The zero-order chi connectivity index (χ0) is 18.2. The maximum absolute atomic E-state index is 6.02. The van der Waals surface area contributed by atoms with Gasteiger partial charge < -0.3 is 14.2 Å². The van der Waals surface area contributed by atoms with E-state index in [-0.39, 0.29) is 6.10 Å². The third-order valence-corrected chi connectivity index (χ3v) is 5.11. The lowest BCUT2D eigenvalue weighted by molar-refractivity contribution is 0.0835. The number of hydrogen-bond donors (Lipinski definition) is 0. The SMILES string of the molecule is Cc1ccc(OCc2nn3c(C4COc5ccccc5O4)nnc3s2)cc1. The van der Waals surface area contributed by atoms with Crippen molar-refractivity contribution in [2.75, 3.05) is 6.61 Å². The maximum Gasteiger partial charge on any atom is 0.234 e. The molecule has 0 saturated heterocycles. The number of fused-ring (bicyclic) bond motifs is 2. The van der Waals surface area contributed by atoms with Crippen LogP contribution in [-0.2, 0) is 6.61 Å². The lowest BCUT2D eigenvalue weighted by atomic mass is 10.2. The van der Waals surface area contributed by atoms with Crippen LogP contribution in [0.2, 0.25) is 0 Å². The fourth-order valence-corrected chi connectivity index (χ4v) is 3.61. The predicted octanol–water partition coefficient (Wildman–Crippen LogP) is 3.59. The lowest BCUT2D eigenvalue weighted by Crippen LogP contribution is -2.23. The number of nitrogens with zero attached hydrogens (tertiary/aromatic N) is 4. The van der Waals surface area contributed by atoms with Crippen LogP contribution in [-0.4, -0.2) is 26.4 Å². The zero-order valence-electron chi connectivity index (χ0n) is 14.5. The molecular weight excluding hydrogens is 364 g/mol. The van der Waals surface area contributed by atoms with Crippen molar-refractivity contribution in [1.82, 2.24) is 19.8 Å². The summed E-state index contributed by atoms with van der Waals surface area (Å²) < 4.78 is 19.3. The Balaban J connectivity index is 1.35. The van der Waals surface area contributed by atoms with Crippen molar-refractivity contribution >= 4 is 16.3 Å². The van der Waals surface area contributed by atoms with Crippen LogP contribution in [0.1, 0.15) is 22.5 Å². The van der Waals surface area contributed by atoms with Gasteiger partial charge in [0.2, 0.25) is 4.96 Å². The molecule has 7 nitrogen and oxygen atoms in total. The minimum Gasteiger partial charge on any atom is -0.486 e. The molecule has 4 aromatic rings. The number of aromatic nitrogens is 4. The van der Waals surface area contributed by atoms with E-state index in [1.54, 1.807) is 4.52 Å². The Labute approximate surface area is 159 Å². The molecule has 0 N–H and O–H groups in total. The van der Waals surface area contributed by atoms with Crippen LogP contribution in [0.25, 0.3) is 4.96 Å². The summed E-state index contributed by atoms with van der Waals surface area (Å²) >= 11 is 1.45. The van der Waals surface area contributed by atoms with Gasteiger partial charge in [-0.3, -0.25) is 0 Å². The molecule has 0 amide bonds. The second-order valence-electron chi connectivity index (χ2n) is 6.21. The van der Waals surface area contributed by atoms with Crippen LogP contribution in [0, 0.1) is 6.92 Å². The molecule has 1 atom stereocenters. The van der Waals surface area contributed by atoms with Gasteiger partial charge in [0.25, 0.3) is 0 Å². The van der Waals surface area contributed by atoms with Crippen molar-refractivity contribution in [3.05, 3.63) is 64.9 Å². The third-order valence-electron chi connectivity index (χ3n) is 4.24. The highest BCUT2D eigenvalue weighted by Crippen LogP contribution is 2.35. The highest BCUT2D eigenvalue weighted by molar-refractivity contribution is 7.16. The Kier molecular flexibility index (Phi) is 3.90. The van der Waals surface area contributed by atoms with E-state index in [1.165, 1.54) is 16.9 Å². The van der Waals surface area contributed by atoms with Gasteiger partial charge in [0.1, 0.15) is 19.0 Å². The molecule has 1 aliphatic heterocycles. The van der Waals surface area contributed by atoms with E-state index in [2.05, 4.69) is 15.3 Å². The summed E-state index contributed by atoms with van der Waals surface area (Å²) in [4.78, 5) is 0.704. The number of ether oxygens (including phenoxy) is 3. The van der Waals surface area contributed by atoms with Crippen molar-refractivity contribution in [2.45, 2.75) is 19.6 Å². The number of para-hydroxylation sites is 2. The second-order valence-corrected chi connectivity index (χ2v) is 7.25. The molecule has 27 heavy (non-hydrogen) atoms. The summed E-state index contributed by atoms with van der Waals surface area (Å²) in [5.74, 6) is 2.87. The predicted molar refractivity (Wildman–Crippen MR) is 99.5 cm³/mol. The van der Waals surface area contributed by atoms with E-state index in [4.69, 9.17) is 14.2 Å². The van der Waals surface area contributed by atoms with Gasteiger partial charge in [0, 0.05) is 0 Å². The Morgan fingerprint density at radius 2 is 1.93 bits per heavy atom. The van der Waals surface area contributed by atoms with Gasteiger partial charge in [0.05, 0.1) is 0 Å². The molecule has 2 aromatic heterocycles. The average molecular weight is 380 g/mol. The molecular formula is C19H16N4O3S. The van der Waals surface area contributed by atoms with Gasteiger partial charge in [-0.2, -0.15) is 9.61 Å². The normalized spacial score (nSPS) is 15.8. The summed E-state index contributed by atoms with van der Waals surface area (Å²) in [6.45, 7) is 2.79. The summed E-state index contributed by atoms with van der Waals surface area (Å²) in [7, 11) is 0. The maximum atomic E-state index is 6.02. The molecule has 1 unspecified atom stereocenters. The van der Waals surface area contributed by atoms with Gasteiger partial charge >= 0.3 is 0 Å². The summed E-state index contributed by atoms with van der Waals surface area (Å²) in [6.07, 6.45) is -0.358. The first-order chi connectivity index (χ1) is 13.3. The molecule has 8 heteroatoms. The fraction of sp³-hybridized carbons (Fsp3) is 0.211. The largest absolute Gasteiger partial charge is 0.486 e. The first-order valence-electron chi connectivity index (χ1n) is 8.55. The molecule has 0 saturated carbocycles. The minimum atomic E-state index is -0.358. The van der Waals surface area contributed by atoms with Gasteiger partial charge in [0.15, 0.2) is 28.4 Å². The van der Waals surface area contributed by atoms with Crippen molar-refractivity contribution in [3.63, 3.8) is 0 Å². The molecule has 0 radical (unpaired) electrons. The topological polar surface area (TPSA) is 70.8 Å². The first kappa shape index (κ1) is 16.1. The highest BCUT2D eigenvalue weighted by atomic mass is 32.1. The minimum absolute atomic E-state index is 0.358. The molecule has 5 rings (SSSR count). The molecule has 1 aliphatic rings. The first-order valence-corrected chi connectivity index (χ1v) is 9.37. The molecule has 0 fully saturated rings. The molecule has 3 heterocycles. The number of aryl methyl sites for hydroxylation is 1. The number of benzene rings is 2. The fourth-order valence-electron chi connectivity index (χ4n) is 2.86. The Hall–Kier alpha value is -3.13. The third kappa shape index (κ3) is 3.08. The molecule has 136 valence electrons. The molecule has 2 aromatic carbocycles. The smallest absolute Gasteiger partial charge is 0.234 e. The average Bonchev–Trinajstić information content (AvgIpc) is 3.27. The Morgan fingerprint density at radius 1 is 1.11 bits per heavy atom. The van der Waals surface area contributed by atoms with Gasteiger partial charge in [-0.1, -0.05) is 41.2 Å². The summed E-state index contributed by atoms with van der Waals surface area (Å²) in [5, 5.41) is 13.9. The highest BCUT2D eigenvalue weighted by Gasteiger charge is 2.28. The van der Waals surface area contributed by atoms with Crippen LogP contribution in [0.15, 0.2) is 48.5 Å². The van der Waals surface area contributed by atoms with E-state index in [0.717, 1.165) is 16.5 Å². The summed E-state index contributed by atoms with van der Waals surface area (Å²) in [5.41, 5.74) is 1.20. The van der Waals surface area contributed by atoms with Gasteiger partial charge in [-0.15, -0.1) is 10.2 Å². The Morgan fingerprint density at radius 3 is 2.78 bits per heavy atom. The van der Waals surface area contributed by atoms with E-state index in [9.17, 15) is 0 Å². The van der Waals surface area contributed by atoms with E-state index in [1.807, 2.05) is 55.5 Å². The van der Waals surface area contributed by atoms with E-state index >= 15 is 0 Å². The van der Waals surface area contributed by atoms with Gasteiger partial charge in [-0.05, 0) is 31.2 Å². The second kappa shape index (κ2) is 6.55. The Bertz CT molecular complexity index is 1090. The molecule has 0 spiro atoms. The van der Waals surface area contributed by atoms with Crippen LogP contribution in [0.5, 0.6) is 17.2 Å². The molecule has 0 aliphatic carbocycles. The summed E-state index contributed by atoms with van der Waals surface area (Å²) in [6, 6.07) is 15.5. The number of hydrogen-bond acceptors (Lipinski definition) is 7. The van der Waals surface area contributed by atoms with Crippen LogP contribution in [0.3, 0.4) is 0 Å². The van der Waals surface area contributed by atoms with Crippen LogP contribution in [0.4, 0.5) is 0 Å². The lowest BCUT2D eigenvalue weighted by Gasteiger charge is -2.24. The monoisotopic (exact) mass is 380 g/mol. The van der Waals surface area contributed by atoms with E-state index < -0.39 is 0 Å². The van der Waals surface area contributed by atoms with E-state index in [0.29, 0.717) is 29.7 Å². The van der Waals surface area contributed by atoms with Crippen molar-refractivity contribution in [1.29, 1.82) is 0 Å². The van der Waals surface area contributed by atoms with Crippen molar-refractivity contribution in [3.8, 4) is 17.2 Å².